The number of rotatable bonds is 16. The lowest BCUT2D eigenvalue weighted by Gasteiger charge is -2.04. The third-order valence-electron chi connectivity index (χ3n) is 4.66. The number of unbranched alkanes of at least 4 members (excludes halogenated alkanes) is 11. The van der Waals surface area contributed by atoms with Crippen molar-refractivity contribution in [3.05, 3.63) is 35.5 Å². The van der Waals surface area contributed by atoms with E-state index in [1.54, 1.807) is 18.3 Å². The molecular formula is C23H37ClN2O. The van der Waals surface area contributed by atoms with E-state index in [4.69, 9.17) is 11.6 Å². The lowest BCUT2D eigenvalue weighted by atomic mass is 10.1. The highest BCUT2D eigenvalue weighted by Crippen LogP contribution is 2.12. The van der Waals surface area contributed by atoms with E-state index in [-0.39, 0.29) is 5.91 Å². The van der Waals surface area contributed by atoms with Gasteiger partial charge in [-0.1, -0.05) is 82.0 Å². The number of hydrogen-bond acceptors (Lipinski definition) is 2. The third kappa shape index (κ3) is 14.4. The summed E-state index contributed by atoms with van der Waals surface area (Å²) in [6.45, 7) is 2.26. The van der Waals surface area contributed by atoms with E-state index in [9.17, 15) is 4.79 Å². The lowest BCUT2D eigenvalue weighted by molar-refractivity contribution is -0.116. The molecule has 1 aromatic rings. The van der Waals surface area contributed by atoms with Crippen LogP contribution in [-0.2, 0) is 4.79 Å². The number of allylic oxidation sites excluding steroid dienone is 2. The molecule has 0 saturated carbocycles. The molecule has 0 bridgehead atoms. The molecule has 1 rings (SSSR count). The van der Waals surface area contributed by atoms with Crippen LogP contribution >= 0.6 is 11.6 Å². The Kier molecular flexibility index (Phi) is 14.7. The summed E-state index contributed by atoms with van der Waals surface area (Å²) in [7, 11) is 0. The van der Waals surface area contributed by atoms with Gasteiger partial charge in [-0.15, -0.1) is 0 Å². The molecule has 27 heavy (non-hydrogen) atoms. The van der Waals surface area contributed by atoms with Crippen molar-refractivity contribution in [1.82, 2.24) is 4.98 Å². The summed E-state index contributed by atoms with van der Waals surface area (Å²) in [6, 6.07) is 3.45. The molecule has 1 amide bonds. The Morgan fingerprint density at radius 2 is 1.52 bits per heavy atom. The molecule has 0 aliphatic rings. The van der Waals surface area contributed by atoms with Gasteiger partial charge < -0.3 is 5.32 Å². The monoisotopic (exact) mass is 392 g/mol. The highest BCUT2D eigenvalue weighted by molar-refractivity contribution is 6.30. The van der Waals surface area contributed by atoms with Crippen molar-refractivity contribution in [2.75, 3.05) is 5.32 Å². The Balaban J connectivity index is 1.86. The summed E-state index contributed by atoms with van der Waals surface area (Å²) in [5, 5.41) is 3.38. The molecule has 3 nitrogen and oxygen atoms in total. The number of nitrogens with one attached hydrogen (secondary N) is 1. The van der Waals surface area contributed by atoms with Crippen LogP contribution in [0.1, 0.15) is 96.8 Å². The summed E-state index contributed by atoms with van der Waals surface area (Å²) in [4.78, 5) is 15.9. The fraction of sp³-hybridized carbons (Fsp3) is 0.652. The van der Waals surface area contributed by atoms with Gasteiger partial charge >= 0.3 is 0 Å². The second kappa shape index (κ2) is 16.8. The number of halogens is 1. The van der Waals surface area contributed by atoms with Crippen molar-refractivity contribution in [3.8, 4) is 0 Å². The van der Waals surface area contributed by atoms with Gasteiger partial charge in [-0.25, -0.2) is 4.98 Å². The fourth-order valence-corrected chi connectivity index (χ4v) is 3.12. The zero-order valence-electron chi connectivity index (χ0n) is 17.0. The molecule has 152 valence electrons. The predicted octanol–water partition coefficient (Wildman–Crippen LogP) is 7.71. The molecule has 0 saturated heterocycles. The van der Waals surface area contributed by atoms with Gasteiger partial charge in [0.15, 0.2) is 0 Å². The first-order valence-electron chi connectivity index (χ1n) is 10.8. The number of anilines is 1. The van der Waals surface area contributed by atoms with Crippen molar-refractivity contribution in [2.24, 2.45) is 0 Å². The van der Waals surface area contributed by atoms with Gasteiger partial charge in [-0.05, 0) is 44.2 Å². The molecule has 1 aromatic heterocycles. The van der Waals surface area contributed by atoms with Gasteiger partial charge in [-0.2, -0.15) is 0 Å². The topological polar surface area (TPSA) is 42.0 Å². The minimum absolute atomic E-state index is 0.0300. The van der Waals surface area contributed by atoms with E-state index in [0.29, 0.717) is 17.3 Å². The van der Waals surface area contributed by atoms with E-state index in [1.165, 1.54) is 70.6 Å². The van der Waals surface area contributed by atoms with Gasteiger partial charge in [0.05, 0.1) is 5.02 Å². The molecule has 0 fully saturated rings. The standard InChI is InChI=1S/C23H37ClN2O/c1-2-3-4-5-6-7-8-9-10-11-12-13-14-15-16-17-23(27)26-22-19-18-21(24)20-25-22/h9-10,18-20H,2-8,11-17H2,1H3,(H,25,26,27). The zero-order chi connectivity index (χ0) is 19.6. The minimum Gasteiger partial charge on any atom is -0.311 e. The Morgan fingerprint density at radius 3 is 2.11 bits per heavy atom. The van der Waals surface area contributed by atoms with Crippen LogP contribution in [0.4, 0.5) is 5.82 Å². The van der Waals surface area contributed by atoms with Crippen LogP contribution in [0.15, 0.2) is 30.5 Å². The SMILES string of the molecule is CCCCCCCCC=CCCCCCCCC(=O)Nc1ccc(Cl)cn1. The van der Waals surface area contributed by atoms with Crippen molar-refractivity contribution in [3.63, 3.8) is 0 Å². The zero-order valence-corrected chi connectivity index (χ0v) is 17.8. The molecule has 1 heterocycles. The maximum absolute atomic E-state index is 11.8. The number of carbonyl (C=O) groups is 1. The largest absolute Gasteiger partial charge is 0.311 e. The maximum Gasteiger partial charge on any atom is 0.225 e. The van der Waals surface area contributed by atoms with Gasteiger partial charge in [0, 0.05) is 12.6 Å². The summed E-state index contributed by atoms with van der Waals surface area (Å²) in [5.74, 6) is 0.597. The van der Waals surface area contributed by atoms with Crippen LogP contribution in [0.3, 0.4) is 0 Å². The smallest absolute Gasteiger partial charge is 0.225 e. The number of aromatic nitrogens is 1. The van der Waals surface area contributed by atoms with Crippen LogP contribution in [0.25, 0.3) is 0 Å². The summed E-state index contributed by atoms with van der Waals surface area (Å²) >= 11 is 5.78. The van der Waals surface area contributed by atoms with Crippen molar-refractivity contribution >= 4 is 23.3 Å². The Morgan fingerprint density at radius 1 is 0.926 bits per heavy atom. The maximum atomic E-state index is 11.8. The third-order valence-corrected chi connectivity index (χ3v) is 4.88. The Hall–Kier alpha value is -1.35. The van der Waals surface area contributed by atoms with Crippen LogP contribution in [0, 0.1) is 0 Å². The van der Waals surface area contributed by atoms with Crippen LogP contribution in [-0.4, -0.2) is 10.9 Å². The molecule has 1 N–H and O–H groups in total. The first-order valence-corrected chi connectivity index (χ1v) is 11.2. The number of pyridine rings is 1. The molecule has 0 radical (unpaired) electrons. The van der Waals surface area contributed by atoms with Crippen molar-refractivity contribution in [1.29, 1.82) is 0 Å². The molecule has 0 atom stereocenters. The molecule has 4 heteroatoms. The van der Waals surface area contributed by atoms with E-state index in [1.807, 2.05) is 0 Å². The van der Waals surface area contributed by atoms with E-state index >= 15 is 0 Å². The summed E-state index contributed by atoms with van der Waals surface area (Å²) in [5.41, 5.74) is 0. The summed E-state index contributed by atoms with van der Waals surface area (Å²) in [6.07, 6.45) is 23.2. The Bertz CT molecular complexity index is 514. The van der Waals surface area contributed by atoms with Crippen LogP contribution in [0.5, 0.6) is 0 Å². The van der Waals surface area contributed by atoms with E-state index in [2.05, 4.69) is 29.4 Å². The van der Waals surface area contributed by atoms with Crippen LogP contribution in [0.2, 0.25) is 5.02 Å². The molecule has 0 spiro atoms. The molecule has 0 aliphatic carbocycles. The van der Waals surface area contributed by atoms with Crippen LogP contribution < -0.4 is 5.32 Å². The van der Waals surface area contributed by atoms with E-state index in [0.717, 1.165) is 12.8 Å². The first kappa shape index (κ1) is 23.7. The molecule has 0 aliphatic heterocycles. The van der Waals surface area contributed by atoms with Gasteiger partial charge in [-0.3, -0.25) is 4.79 Å². The second-order valence-corrected chi connectivity index (χ2v) is 7.68. The van der Waals surface area contributed by atoms with E-state index < -0.39 is 0 Å². The second-order valence-electron chi connectivity index (χ2n) is 7.24. The quantitative estimate of drug-likeness (QED) is 0.231. The first-order chi connectivity index (χ1) is 13.2. The highest BCUT2D eigenvalue weighted by atomic mass is 35.5. The predicted molar refractivity (Wildman–Crippen MR) is 117 cm³/mol. The average molecular weight is 393 g/mol. The van der Waals surface area contributed by atoms with Gasteiger partial charge in [0.2, 0.25) is 5.91 Å². The molecular weight excluding hydrogens is 356 g/mol. The Labute approximate surface area is 171 Å². The number of carbonyl (C=O) groups excluding carboxylic acids is 1. The fourth-order valence-electron chi connectivity index (χ4n) is 3.01. The van der Waals surface area contributed by atoms with Crippen molar-refractivity contribution < 1.29 is 4.79 Å². The number of nitrogens with zero attached hydrogens (tertiary/aromatic N) is 1. The van der Waals surface area contributed by atoms with Crippen molar-refractivity contribution in [2.45, 2.75) is 96.8 Å². The number of amides is 1. The number of hydrogen-bond donors (Lipinski definition) is 1. The van der Waals surface area contributed by atoms with Gasteiger partial charge in [0.1, 0.15) is 5.82 Å². The normalized spacial score (nSPS) is 11.2. The summed E-state index contributed by atoms with van der Waals surface area (Å²) < 4.78 is 0. The molecule has 0 unspecified atom stereocenters. The van der Waals surface area contributed by atoms with Gasteiger partial charge in [0.25, 0.3) is 0 Å². The highest BCUT2D eigenvalue weighted by Gasteiger charge is 2.03. The lowest BCUT2D eigenvalue weighted by Crippen LogP contribution is -2.11. The molecule has 0 aromatic carbocycles. The minimum atomic E-state index is 0.0300. The average Bonchev–Trinajstić information content (AvgIpc) is 2.66.